The van der Waals surface area contributed by atoms with Gasteiger partial charge in [-0.1, -0.05) is 23.7 Å². The smallest absolute Gasteiger partial charge is 0.356 e. The molecule has 0 radical (unpaired) electrons. The van der Waals surface area contributed by atoms with Gasteiger partial charge in [-0.3, -0.25) is 4.68 Å². The topological polar surface area (TPSA) is 64.3 Å². The van der Waals surface area contributed by atoms with Crippen molar-refractivity contribution in [2.24, 2.45) is 0 Å². The molecule has 0 spiro atoms. The van der Waals surface area contributed by atoms with Gasteiger partial charge in [-0.15, -0.1) is 12.4 Å². The summed E-state index contributed by atoms with van der Waals surface area (Å²) in [6.45, 7) is 2.36. The lowest BCUT2D eigenvalue weighted by Gasteiger charge is -2.09. The summed E-state index contributed by atoms with van der Waals surface area (Å²) in [5.74, 6) is -0.325. The van der Waals surface area contributed by atoms with E-state index in [0.717, 1.165) is 28.1 Å². The van der Waals surface area contributed by atoms with Gasteiger partial charge >= 0.3 is 5.97 Å². The number of hydrogen-bond donors (Lipinski definition) is 1. The number of rotatable bonds is 5. The van der Waals surface area contributed by atoms with Crippen molar-refractivity contribution in [3.05, 3.63) is 70.4 Å². The fourth-order valence-corrected chi connectivity index (χ4v) is 2.75. The van der Waals surface area contributed by atoms with Gasteiger partial charge in [0, 0.05) is 10.6 Å². The van der Waals surface area contributed by atoms with Crippen LogP contribution in [0.2, 0.25) is 5.02 Å². The summed E-state index contributed by atoms with van der Waals surface area (Å²) < 4.78 is 6.84. The summed E-state index contributed by atoms with van der Waals surface area (Å²) in [4.78, 5) is 11.3. The van der Waals surface area contributed by atoms with E-state index in [2.05, 4.69) is 5.10 Å². The number of benzene rings is 2. The van der Waals surface area contributed by atoms with Crippen molar-refractivity contribution in [3.63, 3.8) is 0 Å². The van der Waals surface area contributed by atoms with Gasteiger partial charge in [0.25, 0.3) is 0 Å². The number of carboxylic acids is 1. The highest BCUT2D eigenvalue weighted by atomic mass is 35.5. The number of hydrogen-bond acceptors (Lipinski definition) is 3. The molecule has 0 aliphatic carbocycles. The van der Waals surface area contributed by atoms with Crippen LogP contribution in [-0.2, 0) is 6.54 Å². The van der Waals surface area contributed by atoms with Crippen LogP contribution in [0.1, 0.15) is 21.6 Å². The second kappa shape index (κ2) is 8.25. The number of aromatic nitrogens is 2. The highest BCUT2D eigenvalue weighted by Crippen LogP contribution is 2.25. The molecular formula is C19H18Cl2N2O3. The lowest BCUT2D eigenvalue weighted by atomic mass is 10.1. The molecule has 0 unspecified atom stereocenters. The van der Waals surface area contributed by atoms with Gasteiger partial charge in [0.2, 0.25) is 0 Å². The number of methoxy groups -OCH3 is 1. The molecule has 0 aliphatic heterocycles. The van der Waals surface area contributed by atoms with Crippen molar-refractivity contribution >= 4 is 30.0 Å². The van der Waals surface area contributed by atoms with Crippen LogP contribution in [0.5, 0.6) is 5.75 Å². The maximum Gasteiger partial charge on any atom is 0.356 e. The van der Waals surface area contributed by atoms with Crippen LogP contribution in [0.25, 0.3) is 11.3 Å². The average Bonchev–Trinajstić information content (AvgIpc) is 3.02. The number of carboxylic acid groups (broad SMARTS) is 1. The van der Waals surface area contributed by atoms with Crippen molar-refractivity contribution in [3.8, 4) is 17.0 Å². The summed E-state index contributed by atoms with van der Waals surface area (Å²) in [6, 6.07) is 14.7. The van der Waals surface area contributed by atoms with Gasteiger partial charge in [-0.2, -0.15) is 5.10 Å². The number of aryl methyl sites for hydroxylation is 1. The Kier molecular flexibility index (Phi) is 6.29. The summed E-state index contributed by atoms with van der Waals surface area (Å²) in [7, 11) is 1.60. The molecule has 0 fully saturated rings. The predicted octanol–water partition coefficient (Wildman–Crippen LogP) is 4.69. The van der Waals surface area contributed by atoms with E-state index >= 15 is 0 Å². The standard InChI is InChI=1S/C19H17ClN2O3.ClH/c1-12-3-4-13(9-16(12)20)11-22-18(10-17(21-22)19(23)24)14-5-7-15(25-2)8-6-14;/h3-10H,11H2,1-2H3,(H,23,24);1H. The van der Waals surface area contributed by atoms with Gasteiger partial charge < -0.3 is 9.84 Å². The van der Waals surface area contributed by atoms with Gasteiger partial charge in [0.15, 0.2) is 5.69 Å². The van der Waals surface area contributed by atoms with E-state index in [-0.39, 0.29) is 18.1 Å². The van der Waals surface area contributed by atoms with Gasteiger partial charge in [0.05, 0.1) is 19.3 Å². The molecular weight excluding hydrogens is 375 g/mol. The van der Waals surface area contributed by atoms with E-state index < -0.39 is 5.97 Å². The molecule has 0 saturated heterocycles. The summed E-state index contributed by atoms with van der Waals surface area (Å²) in [5, 5.41) is 14.2. The quantitative estimate of drug-likeness (QED) is 0.683. The molecule has 1 N–H and O–H groups in total. The third-order valence-corrected chi connectivity index (χ3v) is 4.36. The fourth-order valence-electron chi connectivity index (χ4n) is 2.54. The number of ether oxygens (including phenoxy) is 1. The first kappa shape index (κ1) is 19.8. The zero-order chi connectivity index (χ0) is 18.0. The van der Waals surface area contributed by atoms with Crippen molar-refractivity contribution in [2.45, 2.75) is 13.5 Å². The summed E-state index contributed by atoms with van der Waals surface area (Å²) >= 11 is 6.19. The van der Waals surface area contributed by atoms with Crippen LogP contribution in [0.15, 0.2) is 48.5 Å². The Labute approximate surface area is 162 Å². The normalized spacial score (nSPS) is 10.3. The number of halogens is 2. The lowest BCUT2D eigenvalue weighted by molar-refractivity contribution is 0.0689. The highest BCUT2D eigenvalue weighted by Gasteiger charge is 2.15. The monoisotopic (exact) mass is 392 g/mol. The van der Waals surface area contributed by atoms with Crippen molar-refractivity contribution in [1.29, 1.82) is 0 Å². The molecule has 0 bridgehead atoms. The minimum absolute atomic E-state index is 0. The van der Waals surface area contributed by atoms with Crippen LogP contribution >= 0.6 is 24.0 Å². The molecule has 26 heavy (non-hydrogen) atoms. The maximum absolute atomic E-state index is 11.3. The Morgan fingerprint density at radius 2 is 1.88 bits per heavy atom. The van der Waals surface area contributed by atoms with E-state index in [1.807, 2.05) is 49.4 Å². The second-order valence-corrected chi connectivity index (χ2v) is 6.10. The lowest BCUT2D eigenvalue weighted by Crippen LogP contribution is -2.06. The molecule has 0 amide bonds. The first-order chi connectivity index (χ1) is 12.0. The maximum atomic E-state index is 11.3. The highest BCUT2D eigenvalue weighted by molar-refractivity contribution is 6.31. The molecule has 3 aromatic rings. The molecule has 7 heteroatoms. The Morgan fingerprint density at radius 1 is 1.19 bits per heavy atom. The van der Waals surface area contributed by atoms with Crippen LogP contribution in [0.3, 0.4) is 0 Å². The SMILES string of the molecule is COc1ccc(-c2cc(C(=O)O)nn2Cc2ccc(C)c(Cl)c2)cc1.Cl. The number of aromatic carboxylic acids is 1. The van der Waals surface area contributed by atoms with E-state index in [1.165, 1.54) is 0 Å². The van der Waals surface area contributed by atoms with Gasteiger partial charge in [-0.25, -0.2) is 4.79 Å². The Hall–Kier alpha value is -2.50. The molecule has 136 valence electrons. The van der Waals surface area contributed by atoms with Crippen LogP contribution in [0, 0.1) is 6.92 Å². The first-order valence-corrected chi connectivity index (χ1v) is 8.06. The van der Waals surface area contributed by atoms with Crippen LogP contribution < -0.4 is 4.74 Å². The number of nitrogens with zero attached hydrogens (tertiary/aromatic N) is 2. The molecule has 1 aromatic heterocycles. The average molecular weight is 393 g/mol. The summed E-state index contributed by atoms with van der Waals surface area (Å²) in [6.07, 6.45) is 0. The Bertz CT molecular complexity index is 921. The van der Waals surface area contributed by atoms with Crippen molar-refractivity contribution in [1.82, 2.24) is 9.78 Å². The third kappa shape index (κ3) is 4.18. The minimum atomic E-state index is -1.06. The minimum Gasteiger partial charge on any atom is -0.497 e. The second-order valence-electron chi connectivity index (χ2n) is 5.69. The predicted molar refractivity (Wildman–Crippen MR) is 104 cm³/mol. The van der Waals surface area contributed by atoms with Gasteiger partial charge in [0.1, 0.15) is 5.75 Å². The van der Waals surface area contributed by atoms with E-state index in [1.54, 1.807) is 17.9 Å². The largest absolute Gasteiger partial charge is 0.497 e. The van der Waals surface area contributed by atoms with Crippen LogP contribution in [-0.4, -0.2) is 28.0 Å². The first-order valence-electron chi connectivity index (χ1n) is 7.68. The van der Waals surface area contributed by atoms with Crippen LogP contribution in [0.4, 0.5) is 0 Å². The van der Waals surface area contributed by atoms with E-state index in [4.69, 9.17) is 16.3 Å². The Morgan fingerprint density at radius 3 is 2.46 bits per heavy atom. The molecule has 3 rings (SSSR count). The zero-order valence-corrected chi connectivity index (χ0v) is 15.8. The van der Waals surface area contributed by atoms with E-state index in [0.29, 0.717) is 11.6 Å². The molecule has 2 aromatic carbocycles. The third-order valence-electron chi connectivity index (χ3n) is 3.95. The van der Waals surface area contributed by atoms with Crippen molar-refractivity contribution in [2.75, 3.05) is 7.11 Å². The van der Waals surface area contributed by atoms with E-state index in [9.17, 15) is 9.90 Å². The molecule has 1 heterocycles. The molecule has 0 aliphatic rings. The fraction of sp³-hybridized carbons (Fsp3) is 0.158. The molecule has 5 nitrogen and oxygen atoms in total. The van der Waals surface area contributed by atoms with Gasteiger partial charge in [-0.05, 0) is 54.4 Å². The number of carbonyl (C=O) groups is 1. The Balaban J connectivity index is 0.00000243. The van der Waals surface area contributed by atoms with Crippen molar-refractivity contribution < 1.29 is 14.6 Å². The summed E-state index contributed by atoms with van der Waals surface area (Å²) in [5.41, 5.74) is 3.53. The molecule has 0 atom stereocenters. The zero-order valence-electron chi connectivity index (χ0n) is 14.3. The molecule has 0 saturated carbocycles.